The van der Waals surface area contributed by atoms with Gasteiger partial charge in [0.1, 0.15) is 16.9 Å². The first-order valence-corrected chi connectivity index (χ1v) is 9.62. The van der Waals surface area contributed by atoms with E-state index in [0.717, 1.165) is 37.7 Å². The summed E-state index contributed by atoms with van der Waals surface area (Å²) in [5.41, 5.74) is 0.952. The minimum atomic E-state index is -2.81. The van der Waals surface area contributed by atoms with Crippen LogP contribution in [0.1, 0.15) is 78.6 Å². The molecule has 0 aliphatic heterocycles. The molecule has 6 heteroatoms. The zero-order valence-corrected chi connectivity index (χ0v) is 15.6. The quantitative estimate of drug-likeness (QED) is 0.660. The van der Waals surface area contributed by atoms with E-state index in [9.17, 15) is 13.6 Å². The molecule has 3 atom stereocenters. The Morgan fingerprint density at radius 2 is 2.19 bits per heavy atom. The number of aryl methyl sites for hydroxylation is 1. The number of carbonyl (C=O) groups is 1. The zero-order valence-electron chi connectivity index (χ0n) is 15.6. The van der Waals surface area contributed by atoms with Gasteiger partial charge < -0.3 is 4.74 Å². The van der Waals surface area contributed by atoms with E-state index < -0.39 is 23.7 Å². The molecule has 0 N–H and O–H groups in total. The topological polar surface area (TPSA) is 44.1 Å². The smallest absolute Gasteiger partial charge is 0.342 e. The molecule has 1 heterocycles. The molecule has 4 nitrogen and oxygen atoms in total. The predicted octanol–water partition coefficient (Wildman–Crippen LogP) is 5.11. The van der Waals surface area contributed by atoms with Gasteiger partial charge in [-0.25, -0.2) is 13.6 Å². The summed E-state index contributed by atoms with van der Waals surface area (Å²) < 4.78 is 33.9. The number of aromatic nitrogens is 2. The van der Waals surface area contributed by atoms with Gasteiger partial charge in [-0.05, 0) is 36.3 Å². The van der Waals surface area contributed by atoms with Crippen molar-refractivity contribution in [3.8, 4) is 0 Å². The lowest BCUT2D eigenvalue weighted by molar-refractivity contribution is -0.0417. The molecule has 3 unspecified atom stereocenters. The number of unbranched alkanes of at least 4 members (excludes halogenated alkanes) is 1. The van der Waals surface area contributed by atoms with Gasteiger partial charge in [0.25, 0.3) is 6.43 Å². The highest BCUT2D eigenvalue weighted by Gasteiger charge is 2.59. The van der Waals surface area contributed by atoms with Gasteiger partial charge >= 0.3 is 5.97 Å². The molecular formula is C21H24F2N2O2. The number of carbonyl (C=O) groups excluding carboxylic acids is 1. The van der Waals surface area contributed by atoms with Crippen LogP contribution in [0.4, 0.5) is 8.78 Å². The molecule has 4 rings (SSSR count). The Morgan fingerprint density at radius 1 is 1.41 bits per heavy atom. The molecule has 0 amide bonds. The summed E-state index contributed by atoms with van der Waals surface area (Å²) in [7, 11) is 1.53. The molecule has 2 aromatic rings. The van der Waals surface area contributed by atoms with Crippen LogP contribution in [0.2, 0.25) is 0 Å². The maximum absolute atomic E-state index is 13.3. The number of fused-ring (bicyclic) bond motifs is 5. The minimum absolute atomic E-state index is 0.135. The predicted molar refractivity (Wildman–Crippen MR) is 96.7 cm³/mol. The van der Waals surface area contributed by atoms with Crippen molar-refractivity contribution in [3.63, 3.8) is 0 Å². The van der Waals surface area contributed by atoms with Crippen LogP contribution in [0, 0.1) is 5.92 Å². The number of esters is 1. The number of benzene rings is 1. The highest BCUT2D eigenvalue weighted by Crippen LogP contribution is 2.63. The van der Waals surface area contributed by atoms with Crippen LogP contribution in [0.25, 0.3) is 0 Å². The monoisotopic (exact) mass is 374 g/mol. The molecule has 1 aromatic heterocycles. The van der Waals surface area contributed by atoms with Crippen LogP contribution in [0.3, 0.4) is 0 Å². The van der Waals surface area contributed by atoms with Gasteiger partial charge in [-0.3, -0.25) is 4.68 Å². The average molecular weight is 374 g/mol. The molecule has 1 fully saturated rings. The number of nitrogens with zero attached hydrogens (tertiary/aromatic N) is 2. The number of halogens is 2. The summed E-state index contributed by atoms with van der Waals surface area (Å²) in [5, 5.41) is 3.74. The van der Waals surface area contributed by atoms with E-state index >= 15 is 0 Å². The van der Waals surface area contributed by atoms with E-state index in [0.29, 0.717) is 5.92 Å². The van der Waals surface area contributed by atoms with Crippen molar-refractivity contribution in [2.45, 2.75) is 57.0 Å². The normalized spacial score (nSPS) is 25.8. The summed E-state index contributed by atoms with van der Waals surface area (Å²) in [4.78, 5) is 12.9. The third-order valence-corrected chi connectivity index (χ3v) is 6.16. The van der Waals surface area contributed by atoms with Gasteiger partial charge in [0.05, 0.1) is 0 Å². The lowest BCUT2D eigenvalue weighted by Gasteiger charge is -2.33. The zero-order chi connectivity index (χ0) is 19.2. The third kappa shape index (κ3) is 2.77. The minimum Gasteiger partial charge on any atom is -0.450 e. The Labute approximate surface area is 157 Å². The van der Waals surface area contributed by atoms with Crippen molar-refractivity contribution >= 4 is 5.97 Å². The summed E-state index contributed by atoms with van der Waals surface area (Å²) in [6.45, 7) is 2.15. The first kappa shape index (κ1) is 18.1. The maximum atomic E-state index is 13.3. The van der Waals surface area contributed by atoms with Crippen molar-refractivity contribution in [2.24, 2.45) is 13.0 Å². The van der Waals surface area contributed by atoms with Crippen LogP contribution in [0.15, 0.2) is 30.5 Å². The third-order valence-electron chi connectivity index (χ3n) is 6.16. The highest BCUT2D eigenvalue weighted by molar-refractivity contribution is 5.91. The molecule has 1 saturated carbocycles. The van der Waals surface area contributed by atoms with Gasteiger partial charge in [-0.2, -0.15) is 5.10 Å². The van der Waals surface area contributed by atoms with Crippen LogP contribution in [-0.4, -0.2) is 15.7 Å². The highest BCUT2D eigenvalue weighted by atomic mass is 19.3. The Bertz CT molecular complexity index is 864. The van der Waals surface area contributed by atoms with E-state index in [1.54, 1.807) is 0 Å². The largest absolute Gasteiger partial charge is 0.450 e. The molecule has 144 valence electrons. The Balaban J connectivity index is 1.71. The molecule has 1 aromatic carbocycles. The van der Waals surface area contributed by atoms with Crippen molar-refractivity contribution in [1.82, 2.24) is 9.78 Å². The number of alkyl halides is 2. The fraction of sp³-hybridized carbons (Fsp3) is 0.524. The molecular weight excluding hydrogens is 350 g/mol. The molecule has 2 aliphatic rings. The SMILES string of the molecule is CCCCC1C2CCC1(OC(=O)c1cn(C)nc1C(F)F)c1ccccc12. The lowest BCUT2D eigenvalue weighted by Crippen LogP contribution is -2.34. The van der Waals surface area contributed by atoms with Crippen molar-refractivity contribution in [3.05, 3.63) is 52.8 Å². The number of hydrogen-bond donors (Lipinski definition) is 0. The second kappa shape index (κ2) is 6.73. The summed E-state index contributed by atoms with van der Waals surface area (Å²) in [6, 6.07) is 8.11. The fourth-order valence-corrected chi connectivity index (χ4v) is 5.08. The molecule has 2 bridgehead atoms. The Morgan fingerprint density at radius 3 is 2.93 bits per heavy atom. The van der Waals surface area contributed by atoms with Gasteiger partial charge in [0, 0.05) is 19.2 Å². The van der Waals surface area contributed by atoms with Gasteiger partial charge in [-0.15, -0.1) is 0 Å². The second-order valence-corrected chi connectivity index (χ2v) is 7.66. The van der Waals surface area contributed by atoms with E-state index in [1.165, 1.54) is 23.5 Å². The van der Waals surface area contributed by atoms with Crippen LogP contribution in [0.5, 0.6) is 0 Å². The Kier molecular flexibility index (Phi) is 4.52. The molecule has 0 radical (unpaired) electrons. The number of ether oxygens (including phenoxy) is 1. The maximum Gasteiger partial charge on any atom is 0.342 e. The molecule has 2 aliphatic carbocycles. The summed E-state index contributed by atoms with van der Waals surface area (Å²) >= 11 is 0. The van der Waals surface area contributed by atoms with Crippen molar-refractivity contribution < 1.29 is 18.3 Å². The van der Waals surface area contributed by atoms with Crippen LogP contribution >= 0.6 is 0 Å². The molecule has 0 saturated heterocycles. The van der Waals surface area contributed by atoms with Crippen LogP contribution < -0.4 is 0 Å². The summed E-state index contributed by atoms with van der Waals surface area (Å²) in [6.07, 6.45) is 3.33. The van der Waals surface area contributed by atoms with E-state index in [-0.39, 0.29) is 11.5 Å². The first-order chi connectivity index (χ1) is 13.0. The van der Waals surface area contributed by atoms with Crippen molar-refractivity contribution in [2.75, 3.05) is 0 Å². The number of rotatable bonds is 6. The van der Waals surface area contributed by atoms with Gasteiger partial charge in [0.15, 0.2) is 0 Å². The molecule has 27 heavy (non-hydrogen) atoms. The Hall–Kier alpha value is -2.24. The van der Waals surface area contributed by atoms with E-state index in [2.05, 4.69) is 18.1 Å². The molecule has 0 spiro atoms. The first-order valence-electron chi connectivity index (χ1n) is 9.62. The lowest BCUT2D eigenvalue weighted by atomic mass is 9.85. The van der Waals surface area contributed by atoms with Gasteiger partial charge in [0.2, 0.25) is 0 Å². The second-order valence-electron chi connectivity index (χ2n) is 7.66. The number of hydrogen-bond acceptors (Lipinski definition) is 3. The summed E-state index contributed by atoms with van der Waals surface area (Å²) in [5.74, 6) is -0.105. The fourth-order valence-electron chi connectivity index (χ4n) is 5.08. The van der Waals surface area contributed by atoms with Crippen molar-refractivity contribution in [1.29, 1.82) is 0 Å². The van der Waals surface area contributed by atoms with E-state index in [1.807, 2.05) is 18.2 Å². The average Bonchev–Trinajstić information content (AvgIpc) is 3.28. The van der Waals surface area contributed by atoms with E-state index in [4.69, 9.17) is 4.74 Å². The standard InChI is InChI=1S/C21H24F2N2O2/c1-3-4-8-16-14-10-11-21(16,17-9-6-5-7-13(14)17)27-20(26)15-12-25(2)24-18(15)19(22)23/h5-7,9,12,14,16,19H,3-4,8,10-11H2,1-2H3. The van der Waals surface area contributed by atoms with Crippen LogP contribution in [-0.2, 0) is 17.4 Å². The van der Waals surface area contributed by atoms with Gasteiger partial charge in [-0.1, -0.05) is 44.0 Å².